The van der Waals surface area contributed by atoms with Crippen molar-refractivity contribution < 1.29 is 0 Å². The molecule has 1 aromatic carbocycles. The van der Waals surface area contributed by atoms with Gasteiger partial charge in [0.15, 0.2) is 0 Å². The Labute approximate surface area is 121 Å². The summed E-state index contributed by atoms with van der Waals surface area (Å²) in [4.78, 5) is 6.64. The average molecular weight is 272 g/mol. The van der Waals surface area contributed by atoms with Crippen molar-refractivity contribution >= 4 is 0 Å². The molecule has 108 valence electrons. The summed E-state index contributed by atoms with van der Waals surface area (Å²) in [6.07, 6.45) is 5.01. The first-order valence-corrected chi connectivity index (χ1v) is 7.28. The van der Waals surface area contributed by atoms with Gasteiger partial charge in [-0.1, -0.05) is 37.3 Å². The topological polar surface area (TPSA) is 47.1 Å². The fourth-order valence-corrected chi connectivity index (χ4v) is 2.39. The van der Waals surface area contributed by atoms with Crippen LogP contribution < -0.4 is 5.73 Å². The van der Waals surface area contributed by atoms with Gasteiger partial charge in [0.2, 0.25) is 0 Å². The molecule has 1 heterocycles. The number of hydrogen-bond donors (Lipinski definition) is 1. The molecule has 0 unspecified atom stereocenters. The highest BCUT2D eigenvalue weighted by Crippen LogP contribution is 2.10. The van der Waals surface area contributed by atoms with E-state index in [0.717, 1.165) is 32.6 Å². The number of imidazole rings is 1. The van der Waals surface area contributed by atoms with Gasteiger partial charge in [-0.3, -0.25) is 4.90 Å². The van der Waals surface area contributed by atoms with Crippen LogP contribution in [0.3, 0.4) is 0 Å². The summed E-state index contributed by atoms with van der Waals surface area (Å²) < 4.78 is 2.23. The zero-order valence-electron chi connectivity index (χ0n) is 12.2. The van der Waals surface area contributed by atoms with Gasteiger partial charge in [-0.2, -0.15) is 0 Å². The second-order valence-electron chi connectivity index (χ2n) is 5.06. The number of nitrogens with two attached hydrogens (primary N) is 1. The van der Waals surface area contributed by atoms with E-state index in [9.17, 15) is 0 Å². The minimum absolute atomic E-state index is 0.675. The van der Waals surface area contributed by atoms with E-state index in [1.54, 1.807) is 0 Å². The lowest BCUT2D eigenvalue weighted by molar-refractivity contribution is 0.257. The fourth-order valence-electron chi connectivity index (χ4n) is 2.39. The molecule has 0 aliphatic carbocycles. The predicted octanol–water partition coefficient (Wildman–Crippen LogP) is 2.25. The van der Waals surface area contributed by atoms with Gasteiger partial charge in [-0.05, 0) is 12.0 Å². The summed E-state index contributed by atoms with van der Waals surface area (Å²) in [6, 6.07) is 10.5. The van der Waals surface area contributed by atoms with Crippen molar-refractivity contribution in [2.75, 3.05) is 13.1 Å². The molecule has 0 radical (unpaired) electrons. The number of hydrogen-bond acceptors (Lipinski definition) is 3. The van der Waals surface area contributed by atoms with Crippen LogP contribution in [0.5, 0.6) is 0 Å². The molecule has 0 spiro atoms. The zero-order chi connectivity index (χ0) is 14.2. The molecular formula is C16H24N4. The fraction of sp³-hybridized carbons (Fsp3) is 0.438. The van der Waals surface area contributed by atoms with Crippen molar-refractivity contribution in [2.45, 2.75) is 33.0 Å². The van der Waals surface area contributed by atoms with Gasteiger partial charge in [0.05, 0.1) is 12.0 Å². The van der Waals surface area contributed by atoms with Crippen molar-refractivity contribution in [2.24, 2.45) is 5.73 Å². The normalized spacial score (nSPS) is 11.2. The second-order valence-corrected chi connectivity index (χ2v) is 5.06. The summed E-state index contributed by atoms with van der Waals surface area (Å²) >= 11 is 0. The number of aromatic nitrogens is 2. The molecule has 2 rings (SSSR count). The molecule has 0 atom stereocenters. The molecule has 0 aliphatic rings. The quantitative estimate of drug-likeness (QED) is 0.802. The van der Waals surface area contributed by atoms with Gasteiger partial charge in [0.1, 0.15) is 0 Å². The van der Waals surface area contributed by atoms with E-state index < -0.39 is 0 Å². The Morgan fingerprint density at radius 2 is 2.00 bits per heavy atom. The molecular weight excluding hydrogens is 248 g/mol. The number of aryl methyl sites for hydroxylation is 1. The predicted molar refractivity (Wildman–Crippen MR) is 82.1 cm³/mol. The van der Waals surface area contributed by atoms with E-state index in [1.807, 2.05) is 18.6 Å². The van der Waals surface area contributed by atoms with E-state index in [0.29, 0.717) is 6.54 Å². The Morgan fingerprint density at radius 3 is 2.70 bits per heavy atom. The molecule has 0 bridgehead atoms. The summed E-state index contributed by atoms with van der Waals surface area (Å²) in [5.74, 6) is 0. The van der Waals surface area contributed by atoms with Crippen LogP contribution in [-0.2, 0) is 19.6 Å². The first-order valence-electron chi connectivity index (χ1n) is 7.28. The summed E-state index contributed by atoms with van der Waals surface area (Å²) in [6.45, 7) is 6.60. The minimum Gasteiger partial charge on any atom is -0.333 e. The number of rotatable bonds is 8. The Kier molecular flexibility index (Phi) is 5.77. The Hall–Kier alpha value is -1.65. The lowest BCUT2D eigenvalue weighted by Gasteiger charge is -2.22. The average Bonchev–Trinajstić information content (AvgIpc) is 2.88. The van der Waals surface area contributed by atoms with Gasteiger partial charge in [-0.25, -0.2) is 4.98 Å². The monoisotopic (exact) mass is 272 g/mol. The Balaban J connectivity index is 2.03. The third-order valence-corrected chi connectivity index (χ3v) is 3.34. The summed E-state index contributed by atoms with van der Waals surface area (Å²) in [5.41, 5.74) is 8.33. The van der Waals surface area contributed by atoms with Crippen LogP contribution in [-0.4, -0.2) is 27.5 Å². The van der Waals surface area contributed by atoms with Crippen LogP contribution in [0, 0.1) is 0 Å². The Morgan fingerprint density at radius 1 is 1.20 bits per heavy atom. The van der Waals surface area contributed by atoms with E-state index >= 15 is 0 Å². The van der Waals surface area contributed by atoms with E-state index in [2.05, 4.69) is 45.6 Å². The lowest BCUT2D eigenvalue weighted by atomic mass is 10.2. The van der Waals surface area contributed by atoms with Crippen molar-refractivity contribution in [1.29, 1.82) is 0 Å². The third-order valence-electron chi connectivity index (χ3n) is 3.34. The van der Waals surface area contributed by atoms with E-state index in [4.69, 9.17) is 5.73 Å². The maximum absolute atomic E-state index is 5.74. The molecule has 0 amide bonds. The molecule has 0 aliphatic heterocycles. The molecule has 4 heteroatoms. The maximum atomic E-state index is 5.74. The van der Waals surface area contributed by atoms with Crippen molar-refractivity contribution in [3.05, 3.63) is 54.1 Å². The van der Waals surface area contributed by atoms with E-state index in [-0.39, 0.29) is 0 Å². The van der Waals surface area contributed by atoms with Crippen LogP contribution >= 0.6 is 0 Å². The smallest absolute Gasteiger partial charge is 0.0948 e. The maximum Gasteiger partial charge on any atom is 0.0948 e. The SMILES string of the molecule is CCCn1cncc1CN(CCN)Cc1ccccc1. The summed E-state index contributed by atoms with van der Waals surface area (Å²) in [5, 5.41) is 0. The van der Waals surface area contributed by atoms with Crippen molar-refractivity contribution in [3.63, 3.8) is 0 Å². The van der Waals surface area contributed by atoms with Crippen molar-refractivity contribution in [1.82, 2.24) is 14.5 Å². The highest BCUT2D eigenvalue weighted by atomic mass is 15.2. The molecule has 20 heavy (non-hydrogen) atoms. The van der Waals surface area contributed by atoms with Gasteiger partial charge in [0.25, 0.3) is 0 Å². The zero-order valence-corrected chi connectivity index (χ0v) is 12.2. The highest BCUT2D eigenvalue weighted by molar-refractivity contribution is 5.14. The first kappa shape index (κ1) is 14.8. The third kappa shape index (κ3) is 4.18. The number of benzene rings is 1. The van der Waals surface area contributed by atoms with Crippen LogP contribution in [0.25, 0.3) is 0 Å². The van der Waals surface area contributed by atoms with Gasteiger partial charge in [0, 0.05) is 38.9 Å². The molecule has 0 saturated heterocycles. The molecule has 4 nitrogen and oxygen atoms in total. The van der Waals surface area contributed by atoms with Crippen LogP contribution in [0.1, 0.15) is 24.6 Å². The van der Waals surface area contributed by atoms with Crippen molar-refractivity contribution in [3.8, 4) is 0 Å². The first-order chi connectivity index (χ1) is 9.83. The van der Waals surface area contributed by atoms with Gasteiger partial charge in [-0.15, -0.1) is 0 Å². The highest BCUT2D eigenvalue weighted by Gasteiger charge is 2.09. The summed E-state index contributed by atoms with van der Waals surface area (Å²) in [7, 11) is 0. The van der Waals surface area contributed by atoms with Crippen LogP contribution in [0.2, 0.25) is 0 Å². The largest absolute Gasteiger partial charge is 0.333 e. The second kappa shape index (κ2) is 7.82. The minimum atomic E-state index is 0.675. The molecule has 1 aromatic heterocycles. The standard InChI is InChI=1S/C16H24N4/c1-2-9-20-14-18-11-16(20)13-19(10-8-17)12-15-6-4-3-5-7-15/h3-7,11,14H,2,8-10,12-13,17H2,1H3. The van der Waals surface area contributed by atoms with E-state index in [1.165, 1.54) is 11.3 Å². The molecule has 0 saturated carbocycles. The lowest BCUT2D eigenvalue weighted by Crippen LogP contribution is -2.29. The van der Waals surface area contributed by atoms with Gasteiger partial charge >= 0.3 is 0 Å². The molecule has 2 aromatic rings. The van der Waals surface area contributed by atoms with Gasteiger partial charge < -0.3 is 10.3 Å². The number of nitrogens with zero attached hydrogens (tertiary/aromatic N) is 3. The van der Waals surface area contributed by atoms with Crippen LogP contribution in [0.15, 0.2) is 42.9 Å². The molecule has 0 fully saturated rings. The van der Waals surface area contributed by atoms with Crippen LogP contribution in [0.4, 0.5) is 0 Å². The Bertz CT molecular complexity index is 492. The molecule has 2 N–H and O–H groups in total.